The van der Waals surface area contributed by atoms with Crippen molar-refractivity contribution in [2.75, 3.05) is 12.4 Å². The molecule has 0 radical (unpaired) electrons. The summed E-state index contributed by atoms with van der Waals surface area (Å²) in [6.07, 6.45) is 7.54. The zero-order valence-electron chi connectivity index (χ0n) is 17.9. The number of benzene rings is 2. The largest absolute Gasteiger partial charge is 0.388 e. The number of nitrogens with one attached hydrogen (secondary N) is 2. The molecule has 150 valence electrons. The minimum absolute atomic E-state index is 0.892. The topological polar surface area (TPSA) is 48.8 Å². The van der Waals surface area contributed by atoms with Gasteiger partial charge in [-0.1, -0.05) is 70.7 Å². The molecule has 2 aromatic rings. The maximum absolute atomic E-state index is 3.74. The molecule has 0 aromatic heterocycles. The summed E-state index contributed by atoms with van der Waals surface area (Å²) in [6, 6.07) is 14.2. The molecule has 1 aliphatic rings. The Bertz CT molecular complexity index is 761. The molecule has 0 atom stereocenters. The van der Waals surface area contributed by atoms with Gasteiger partial charge >= 0.3 is 0 Å². The number of para-hydroxylation sites is 1. The van der Waals surface area contributed by atoms with Crippen LogP contribution < -0.4 is 10.6 Å². The van der Waals surface area contributed by atoms with Gasteiger partial charge in [-0.2, -0.15) is 10.2 Å². The van der Waals surface area contributed by atoms with Crippen LogP contribution in [0, 0.1) is 0 Å². The summed E-state index contributed by atoms with van der Waals surface area (Å²) in [6.45, 7) is 15.9. The minimum atomic E-state index is 0.892. The molecule has 0 fully saturated rings. The van der Waals surface area contributed by atoms with Gasteiger partial charge in [0, 0.05) is 26.0 Å². The van der Waals surface area contributed by atoms with Crippen LogP contribution in [-0.4, -0.2) is 20.0 Å². The summed E-state index contributed by atoms with van der Waals surface area (Å²) < 4.78 is 0. The van der Waals surface area contributed by atoms with Crippen LogP contribution in [0.1, 0.15) is 49.9 Å². The zero-order chi connectivity index (χ0) is 21.2. The third-order valence-electron chi connectivity index (χ3n) is 3.58. The number of hydrogen-bond donors (Lipinski definition) is 2. The molecule has 0 spiro atoms. The highest BCUT2D eigenvalue weighted by Gasteiger charge is 2.03. The number of nitrogens with zero attached hydrogens (tertiary/aromatic N) is 2. The summed E-state index contributed by atoms with van der Waals surface area (Å²) in [5, 5.41) is 13.4. The van der Waals surface area contributed by atoms with E-state index in [2.05, 4.69) is 52.3 Å². The number of fused-ring (bicyclic) bond motifs is 1. The van der Waals surface area contributed by atoms with Crippen molar-refractivity contribution in [2.45, 2.75) is 34.2 Å². The van der Waals surface area contributed by atoms with E-state index in [4.69, 9.17) is 0 Å². The Balaban J connectivity index is 0.000000460. The van der Waals surface area contributed by atoms with Crippen molar-refractivity contribution in [3.8, 4) is 0 Å². The van der Waals surface area contributed by atoms with Gasteiger partial charge < -0.3 is 10.6 Å². The maximum atomic E-state index is 3.74. The Labute approximate surface area is 170 Å². The first kappa shape index (κ1) is 24.9. The molecule has 1 heterocycles. The lowest BCUT2D eigenvalue weighted by Crippen LogP contribution is -2.10. The smallest absolute Gasteiger partial charge is 0.0568 e. The zero-order valence-corrected chi connectivity index (χ0v) is 17.9. The predicted octanol–water partition coefficient (Wildman–Crippen LogP) is 6.22. The Morgan fingerprint density at radius 2 is 1.79 bits per heavy atom. The van der Waals surface area contributed by atoms with E-state index in [1.807, 2.05) is 77.4 Å². The maximum Gasteiger partial charge on any atom is 0.0568 e. The fourth-order valence-corrected chi connectivity index (χ4v) is 2.34. The molecule has 0 saturated carbocycles. The molecule has 4 heteroatoms. The molecule has 1 aliphatic heterocycles. The standard InChI is InChI=1S/C11H11N3.C9H11N.2C2H6/c1-12-14-7-9-2-3-11-8-13-5-4-10(11)6-9;1-3-8-6-4-5-7-9(8)10-2;2*1-2/h2-7,13H,1,8H2;3-7,10H,1H2,2H3;2*1-2H3/b14-7+;;;. The van der Waals surface area contributed by atoms with Gasteiger partial charge in [-0.15, -0.1) is 0 Å². The Morgan fingerprint density at radius 1 is 1.07 bits per heavy atom. The van der Waals surface area contributed by atoms with Crippen LogP contribution in [0.3, 0.4) is 0 Å². The van der Waals surface area contributed by atoms with Crippen LogP contribution in [-0.2, 0) is 6.54 Å². The molecule has 2 aromatic carbocycles. The van der Waals surface area contributed by atoms with Gasteiger partial charge in [0.2, 0.25) is 0 Å². The Kier molecular flexibility index (Phi) is 14.3. The van der Waals surface area contributed by atoms with Crippen molar-refractivity contribution in [1.29, 1.82) is 0 Å². The van der Waals surface area contributed by atoms with Crippen molar-refractivity contribution in [2.24, 2.45) is 10.2 Å². The quantitative estimate of drug-likeness (QED) is 0.490. The molecule has 3 rings (SSSR count). The van der Waals surface area contributed by atoms with E-state index < -0.39 is 0 Å². The minimum Gasteiger partial charge on any atom is -0.388 e. The second-order valence-electron chi connectivity index (χ2n) is 5.10. The number of hydrogen-bond acceptors (Lipinski definition) is 4. The van der Waals surface area contributed by atoms with E-state index in [0.29, 0.717) is 0 Å². The van der Waals surface area contributed by atoms with Crippen molar-refractivity contribution in [3.05, 3.63) is 77.5 Å². The SMILES string of the molecule is C=Cc1ccccc1NC.C=N/N=C/c1ccc2c(c1)C=CNC2.CC.CC. The first-order valence-corrected chi connectivity index (χ1v) is 9.69. The van der Waals surface area contributed by atoms with E-state index in [1.165, 1.54) is 11.1 Å². The molecule has 0 saturated heterocycles. The number of rotatable bonds is 4. The predicted molar refractivity (Wildman–Crippen MR) is 128 cm³/mol. The van der Waals surface area contributed by atoms with Crippen LogP contribution in [0.5, 0.6) is 0 Å². The van der Waals surface area contributed by atoms with Gasteiger partial charge in [0.05, 0.1) is 6.21 Å². The van der Waals surface area contributed by atoms with E-state index in [9.17, 15) is 0 Å². The third-order valence-corrected chi connectivity index (χ3v) is 3.58. The molecule has 0 bridgehead atoms. The van der Waals surface area contributed by atoms with Crippen LogP contribution in [0.2, 0.25) is 0 Å². The summed E-state index contributed by atoms with van der Waals surface area (Å²) in [5.74, 6) is 0. The van der Waals surface area contributed by atoms with Crippen molar-refractivity contribution < 1.29 is 0 Å². The molecule has 2 N–H and O–H groups in total. The Hall–Kier alpha value is -3.14. The lowest BCUT2D eigenvalue weighted by Gasteiger charge is -2.11. The van der Waals surface area contributed by atoms with E-state index >= 15 is 0 Å². The molecule has 0 unspecified atom stereocenters. The summed E-state index contributed by atoms with van der Waals surface area (Å²) >= 11 is 0. The fourth-order valence-electron chi connectivity index (χ4n) is 2.34. The van der Waals surface area contributed by atoms with Gasteiger partial charge in [-0.05, 0) is 46.7 Å². The van der Waals surface area contributed by atoms with Gasteiger partial charge in [-0.25, -0.2) is 0 Å². The molecule has 0 aliphatic carbocycles. The molecular weight excluding hydrogens is 344 g/mol. The summed E-state index contributed by atoms with van der Waals surface area (Å²) in [5.41, 5.74) is 5.85. The van der Waals surface area contributed by atoms with Crippen LogP contribution in [0.15, 0.2) is 65.4 Å². The van der Waals surface area contributed by atoms with Crippen molar-refractivity contribution >= 4 is 30.8 Å². The van der Waals surface area contributed by atoms with Crippen LogP contribution in [0.25, 0.3) is 12.2 Å². The highest BCUT2D eigenvalue weighted by Crippen LogP contribution is 2.16. The van der Waals surface area contributed by atoms with Gasteiger partial charge in [0.25, 0.3) is 0 Å². The first-order chi connectivity index (χ1) is 13.8. The van der Waals surface area contributed by atoms with Gasteiger partial charge in [0.15, 0.2) is 0 Å². The Morgan fingerprint density at radius 3 is 2.39 bits per heavy atom. The van der Waals surface area contributed by atoms with E-state index in [1.54, 1.807) is 6.21 Å². The molecular formula is C24H34N4. The molecule has 28 heavy (non-hydrogen) atoms. The number of anilines is 1. The second kappa shape index (κ2) is 16.1. The summed E-state index contributed by atoms with van der Waals surface area (Å²) in [7, 11) is 1.91. The lowest BCUT2D eigenvalue weighted by molar-refractivity contribution is 0.859. The normalized spacial score (nSPS) is 10.5. The lowest BCUT2D eigenvalue weighted by atomic mass is 10.0. The third kappa shape index (κ3) is 8.49. The average Bonchev–Trinajstić information content (AvgIpc) is 2.80. The van der Waals surface area contributed by atoms with Crippen molar-refractivity contribution in [1.82, 2.24) is 5.32 Å². The van der Waals surface area contributed by atoms with Crippen LogP contribution >= 0.6 is 0 Å². The fraction of sp³-hybridized carbons (Fsp3) is 0.250. The van der Waals surface area contributed by atoms with E-state index in [-0.39, 0.29) is 0 Å². The highest BCUT2D eigenvalue weighted by molar-refractivity contribution is 5.81. The molecule has 4 nitrogen and oxygen atoms in total. The second-order valence-corrected chi connectivity index (χ2v) is 5.10. The van der Waals surface area contributed by atoms with Crippen molar-refractivity contribution in [3.63, 3.8) is 0 Å². The van der Waals surface area contributed by atoms with Gasteiger partial charge in [0.1, 0.15) is 0 Å². The highest BCUT2D eigenvalue weighted by atomic mass is 15.2. The molecule has 0 amide bonds. The van der Waals surface area contributed by atoms with Gasteiger partial charge in [-0.3, -0.25) is 0 Å². The monoisotopic (exact) mass is 378 g/mol. The van der Waals surface area contributed by atoms with E-state index in [0.717, 1.165) is 23.4 Å². The first-order valence-electron chi connectivity index (χ1n) is 9.69. The van der Waals surface area contributed by atoms with Crippen LogP contribution in [0.4, 0.5) is 5.69 Å². The average molecular weight is 379 g/mol. The summed E-state index contributed by atoms with van der Waals surface area (Å²) in [4.78, 5) is 0.